The molecule has 3 rings (SSSR count). The highest BCUT2D eigenvalue weighted by Gasteiger charge is 2.34. The Morgan fingerprint density at radius 2 is 2.25 bits per heavy atom. The summed E-state index contributed by atoms with van der Waals surface area (Å²) in [7, 11) is 0. The number of nitriles is 1. The SMILES string of the molecule is Cc1cc2c(c(=O)o1)[C@@H](c1ccoc1)C(C#N)=C(N)O2. The lowest BCUT2D eigenvalue weighted by atomic mass is 9.86. The normalized spacial score (nSPS) is 17.3. The van der Waals surface area contributed by atoms with Gasteiger partial charge in [0.25, 0.3) is 0 Å². The molecule has 6 nitrogen and oxygen atoms in total. The molecular formula is C14H10N2O4. The number of ether oxygens (including phenoxy) is 1. The average molecular weight is 270 g/mol. The molecule has 2 aromatic rings. The third-order valence-corrected chi connectivity index (χ3v) is 3.13. The highest BCUT2D eigenvalue weighted by atomic mass is 16.5. The Kier molecular flexibility index (Phi) is 2.61. The predicted octanol–water partition coefficient (Wildman–Crippen LogP) is 1.76. The van der Waals surface area contributed by atoms with Gasteiger partial charge in [-0.15, -0.1) is 0 Å². The monoisotopic (exact) mass is 270 g/mol. The fraction of sp³-hybridized carbons (Fsp3) is 0.143. The summed E-state index contributed by atoms with van der Waals surface area (Å²) in [5.41, 5.74) is 6.28. The summed E-state index contributed by atoms with van der Waals surface area (Å²) >= 11 is 0. The molecular weight excluding hydrogens is 260 g/mol. The first kappa shape index (κ1) is 12.1. The van der Waals surface area contributed by atoms with Crippen LogP contribution in [0.2, 0.25) is 0 Å². The molecule has 0 fully saturated rings. The van der Waals surface area contributed by atoms with E-state index in [1.165, 1.54) is 12.5 Å². The van der Waals surface area contributed by atoms with Crippen molar-refractivity contribution in [2.24, 2.45) is 5.73 Å². The van der Waals surface area contributed by atoms with E-state index in [-0.39, 0.29) is 17.0 Å². The lowest BCUT2D eigenvalue weighted by Crippen LogP contribution is -2.26. The Morgan fingerprint density at radius 1 is 1.45 bits per heavy atom. The third-order valence-electron chi connectivity index (χ3n) is 3.13. The van der Waals surface area contributed by atoms with E-state index in [9.17, 15) is 10.1 Å². The first-order valence-electron chi connectivity index (χ1n) is 5.86. The quantitative estimate of drug-likeness (QED) is 0.846. The Labute approximate surface area is 113 Å². The van der Waals surface area contributed by atoms with Crippen molar-refractivity contribution in [3.05, 3.63) is 63.4 Å². The zero-order valence-electron chi connectivity index (χ0n) is 10.5. The molecule has 1 aliphatic heterocycles. The number of nitrogens with two attached hydrogens (primary N) is 1. The summed E-state index contributed by atoms with van der Waals surface area (Å²) in [6, 6.07) is 5.23. The molecule has 2 aromatic heterocycles. The molecule has 0 saturated heterocycles. The highest BCUT2D eigenvalue weighted by molar-refractivity contribution is 5.53. The molecule has 0 radical (unpaired) electrons. The van der Waals surface area contributed by atoms with Crippen molar-refractivity contribution in [3.8, 4) is 11.8 Å². The summed E-state index contributed by atoms with van der Waals surface area (Å²) in [5, 5.41) is 9.27. The summed E-state index contributed by atoms with van der Waals surface area (Å²) in [6.45, 7) is 1.64. The molecule has 0 amide bonds. The van der Waals surface area contributed by atoms with Crippen LogP contribution in [0.1, 0.15) is 22.8 Å². The molecule has 1 atom stereocenters. The van der Waals surface area contributed by atoms with Gasteiger partial charge in [0.15, 0.2) is 0 Å². The van der Waals surface area contributed by atoms with Crippen LogP contribution in [-0.4, -0.2) is 0 Å². The Balaban J connectivity index is 2.32. The van der Waals surface area contributed by atoms with Crippen molar-refractivity contribution in [3.63, 3.8) is 0 Å². The molecule has 1 aliphatic rings. The van der Waals surface area contributed by atoms with Crippen molar-refractivity contribution in [2.75, 3.05) is 0 Å². The Hall–Kier alpha value is -2.94. The summed E-state index contributed by atoms with van der Waals surface area (Å²) in [6.07, 6.45) is 2.93. The number of nitrogens with zero attached hydrogens (tertiary/aromatic N) is 1. The fourth-order valence-corrected chi connectivity index (χ4v) is 2.29. The molecule has 0 bridgehead atoms. The van der Waals surface area contributed by atoms with Crippen LogP contribution in [0.5, 0.6) is 5.75 Å². The van der Waals surface area contributed by atoms with E-state index >= 15 is 0 Å². The zero-order chi connectivity index (χ0) is 14.3. The standard InChI is InChI=1S/C14H10N2O4/c1-7-4-10-12(14(17)19-7)11(8-2-3-18-6-8)9(5-15)13(16)20-10/h2-4,6,11H,16H2,1H3/t11-/m0/s1. The number of hydrogen-bond acceptors (Lipinski definition) is 6. The van der Waals surface area contributed by atoms with Gasteiger partial charge in [-0.3, -0.25) is 0 Å². The number of aryl methyl sites for hydroxylation is 1. The first-order valence-corrected chi connectivity index (χ1v) is 5.86. The molecule has 0 spiro atoms. The van der Waals surface area contributed by atoms with Crippen LogP contribution >= 0.6 is 0 Å². The number of furan rings is 1. The maximum absolute atomic E-state index is 12.1. The van der Waals surface area contributed by atoms with E-state index in [0.29, 0.717) is 17.1 Å². The maximum Gasteiger partial charge on any atom is 0.343 e. The van der Waals surface area contributed by atoms with Gasteiger partial charge >= 0.3 is 5.63 Å². The van der Waals surface area contributed by atoms with Crippen molar-refractivity contribution in [1.82, 2.24) is 0 Å². The van der Waals surface area contributed by atoms with E-state index in [1.807, 2.05) is 6.07 Å². The summed E-state index contributed by atoms with van der Waals surface area (Å²) in [4.78, 5) is 12.1. The van der Waals surface area contributed by atoms with Crippen molar-refractivity contribution < 1.29 is 13.6 Å². The van der Waals surface area contributed by atoms with E-state index in [1.54, 1.807) is 19.1 Å². The van der Waals surface area contributed by atoms with E-state index in [0.717, 1.165) is 0 Å². The van der Waals surface area contributed by atoms with Crippen LogP contribution in [0.15, 0.2) is 49.7 Å². The summed E-state index contributed by atoms with van der Waals surface area (Å²) in [5.74, 6) is 0.0601. The van der Waals surface area contributed by atoms with E-state index in [2.05, 4.69) is 0 Å². The summed E-state index contributed by atoms with van der Waals surface area (Å²) < 4.78 is 15.5. The fourth-order valence-electron chi connectivity index (χ4n) is 2.29. The van der Waals surface area contributed by atoms with E-state index in [4.69, 9.17) is 19.3 Å². The number of allylic oxidation sites excluding steroid dienone is 1. The molecule has 20 heavy (non-hydrogen) atoms. The lowest BCUT2D eigenvalue weighted by Gasteiger charge is -2.23. The minimum absolute atomic E-state index is 0.0174. The molecule has 3 heterocycles. The van der Waals surface area contributed by atoms with Crippen LogP contribution in [0.25, 0.3) is 0 Å². The highest BCUT2D eigenvalue weighted by Crippen LogP contribution is 2.40. The first-order chi connectivity index (χ1) is 9.61. The molecule has 0 unspecified atom stereocenters. The molecule has 0 aromatic carbocycles. The van der Waals surface area contributed by atoms with Gasteiger partial charge in [-0.05, 0) is 13.0 Å². The van der Waals surface area contributed by atoms with Crippen molar-refractivity contribution in [1.29, 1.82) is 5.26 Å². The van der Waals surface area contributed by atoms with Gasteiger partial charge in [0.2, 0.25) is 5.88 Å². The maximum atomic E-state index is 12.1. The zero-order valence-corrected chi connectivity index (χ0v) is 10.5. The van der Waals surface area contributed by atoms with Crippen LogP contribution in [0.4, 0.5) is 0 Å². The van der Waals surface area contributed by atoms with Crippen molar-refractivity contribution in [2.45, 2.75) is 12.8 Å². The minimum Gasteiger partial charge on any atom is -0.472 e. The van der Waals surface area contributed by atoms with Gasteiger partial charge in [-0.1, -0.05) is 0 Å². The smallest absolute Gasteiger partial charge is 0.343 e. The predicted molar refractivity (Wildman–Crippen MR) is 67.7 cm³/mol. The molecule has 0 aliphatic carbocycles. The van der Waals surface area contributed by atoms with Gasteiger partial charge in [-0.2, -0.15) is 5.26 Å². The van der Waals surface area contributed by atoms with Gasteiger partial charge in [0.1, 0.15) is 23.2 Å². The second-order valence-electron chi connectivity index (χ2n) is 4.40. The minimum atomic E-state index is -0.639. The van der Waals surface area contributed by atoms with Gasteiger partial charge in [0.05, 0.1) is 24.0 Å². The van der Waals surface area contributed by atoms with Crippen molar-refractivity contribution >= 4 is 0 Å². The molecule has 100 valence electrons. The van der Waals surface area contributed by atoms with Crippen LogP contribution in [0, 0.1) is 18.3 Å². The number of fused-ring (bicyclic) bond motifs is 1. The second-order valence-corrected chi connectivity index (χ2v) is 4.40. The topological polar surface area (TPSA) is 102 Å². The third kappa shape index (κ3) is 1.68. The van der Waals surface area contributed by atoms with Crippen LogP contribution < -0.4 is 16.1 Å². The van der Waals surface area contributed by atoms with Gasteiger partial charge < -0.3 is 19.3 Å². The molecule has 0 saturated carbocycles. The molecule has 6 heteroatoms. The Bertz CT molecular complexity index is 794. The number of rotatable bonds is 1. The lowest BCUT2D eigenvalue weighted by molar-refractivity contribution is 0.371. The van der Waals surface area contributed by atoms with Crippen LogP contribution in [0.3, 0.4) is 0 Å². The van der Waals surface area contributed by atoms with Gasteiger partial charge in [-0.25, -0.2) is 4.79 Å². The van der Waals surface area contributed by atoms with Gasteiger partial charge in [0, 0.05) is 11.6 Å². The second kappa shape index (κ2) is 4.31. The Morgan fingerprint density at radius 3 is 2.90 bits per heavy atom. The van der Waals surface area contributed by atoms with E-state index < -0.39 is 11.5 Å². The van der Waals surface area contributed by atoms with Crippen LogP contribution in [-0.2, 0) is 0 Å². The molecule has 2 N–H and O–H groups in total. The largest absolute Gasteiger partial charge is 0.472 e. The average Bonchev–Trinajstić information content (AvgIpc) is 2.90. The number of hydrogen-bond donors (Lipinski definition) is 1.